The lowest BCUT2D eigenvalue weighted by Crippen LogP contribution is -2.32. The van der Waals surface area contributed by atoms with Gasteiger partial charge in [-0.05, 0) is 19.4 Å². The third kappa shape index (κ3) is 3.46. The van der Waals surface area contributed by atoms with Crippen LogP contribution in [0, 0.1) is 6.92 Å². The summed E-state index contributed by atoms with van der Waals surface area (Å²) in [7, 11) is 0. The van der Waals surface area contributed by atoms with Gasteiger partial charge in [0.05, 0.1) is 5.39 Å². The van der Waals surface area contributed by atoms with Crippen molar-refractivity contribution in [3.05, 3.63) is 52.1 Å². The Bertz CT molecular complexity index is 1020. The van der Waals surface area contributed by atoms with Gasteiger partial charge in [0.1, 0.15) is 5.76 Å². The Morgan fingerprint density at radius 2 is 2.04 bits per heavy atom. The number of anilines is 1. The molecule has 26 heavy (non-hydrogen) atoms. The van der Waals surface area contributed by atoms with Gasteiger partial charge in [-0.1, -0.05) is 30.3 Å². The van der Waals surface area contributed by atoms with Crippen molar-refractivity contribution in [2.24, 2.45) is 0 Å². The highest BCUT2D eigenvalue weighted by Crippen LogP contribution is 2.15. The number of fused-ring (bicyclic) bond motifs is 1. The number of benzene rings is 1. The maximum absolute atomic E-state index is 12.5. The quantitative estimate of drug-likeness (QED) is 0.667. The molecule has 9 nitrogen and oxygen atoms in total. The number of ether oxygens (including phenoxy) is 1. The number of hydrogen-bond donors (Lipinski definition) is 2. The third-order valence-electron chi connectivity index (χ3n) is 3.68. The topological polar surface area (TPSA) is 127 Å². The highest BCUT2D eigenvalue weighted by atomic mass is 16.5. The SMILES string of the molecule is CCC(OC(=O)c1n[nH]c(=O)c2ccccc12)C(=O)Nc1cc(C)on1. The van der Waals surface area contributed by atoms with E-state index in [1.165, 1.54) is 0 Å². The first-order valence-corrected chi connectivity index (χ1v) is 7.92. The van der Waals surface area contributed by atoms with Crippen molar-refractivity contribution in [3.63, 3.8) is 0 Å². The number of aryl methyl sites for hydroxylation is 1. The fraction of sp³-hybridized carbons (Fsp3) is 0.235. The van der Waals surface area contributed by atoms with Gasteiger partial charge in [0.2, 0.25) is 0 Å². The van der Waals surface area contributed by atoms with Crippen LogP contribution in [0.15, 0.2) is 39.6 Å². The molecule has 1 atom stereocenters. The molecule has 0 saturated heterocycles. The zero-order valence-electron chi connectivity index (χ0n) is 14.1. The monoisotopic (exact) mass is 356 g/mol. The second kappa shape index (κ2) is 7.18. The van der Waals surface area contributed by atoms with E-state index in [0.717, 1.165) is 0 Å². The van der Waals surface area contributed by atoms with E-state index in [2.05, 4.69) is 20.7 Å². The number of aromatic amines is 1. The summed E-state index contributed by atoms with van der Waals surface area (Å²) in [5, 5.41) is 12.9. The van der Waals surface area contributed by atoms with Gasteiger partial charge in [0, 0.05) is 11.5 Å². The summed E-state index contributed by atoms with van der Waals surface area (Å²) in [4.78, 5) is 36.6. The molecule has 2 aromatic heterocycles. The molecule has 0 spiro atoms. The van der Waals surface area contributed by atoms with Crippen LogP contribution in [-0.4, -0.2) is 33.3 Å². The summed E-state index contributed by atoms with van der Waals surface area (Å²) < 4.78 is 10.2. The number of nitrogens with zero attached hydrogens (tertiary/aromatic N) is 2. The van der Waals surface area contributed by atoms with Crippen molar-refractivity contribution >= 4 is 28.5 Å². The minimum Gasteiger partial charge on any atom is -0.447 e. The van der Waals surface area contributed by atoms with E-state index in [0.29, 0.717) is 16.5 Å². The maximum atomic E-state index is 12.5. The van der Waals surface area contributed by atoms with E-state index in [1.54, 1.807) is 44.2 Å². The number of nitrogens with one attached hydrogen (secondary N) is 2. The number of rotatable bonds is 5. The highest BCUT2D eigenvalue weighted by Gasteiger charge is 2.25. The average Bonchev–Trinajstić information content (AvgIpc) is 3.04. The number of aromatic nitrogens is 3. The molecule has 3 aromatic rings. The zero-order valence-corrected chi connectivity index (χ0v) is 14.1. The molecule has 1 unspecified atom stereocenters. The summed E-state index contributed by atoms with van der Waals surface area (Å²) in [6.07, 6.45) is -0.803. The minimum atomic E-state index is -1.05. The van der Waals surface area contributed by atoms with Crippen molar-refractivity contribution in [2.75, 3.05) is 5.32 Å². The molecular formula is C17H16N4O5. The van der Waals surface area contributed by atoms with Crippen LogP contribution in [0.5, 0.6) is 0 Å². The van der Waals surface area contributed by atoms with Gasteiger partial charge in [0.25, 0.3) is 11.5 Å². The molecular weight excluding hydrogens is 340 g/mol. The van der Waals surface area contributed by atoms with Gasteiger partial charge in [-0.2, -0.15) is 5.10 Å². The summed E-state index contributed by atoms with van der Waals surface area (Å²) in [5.74, 6) is -0.581. The second-order valence-corrected chi connectivity index (χ2v) is 5.56. The van der Waals surface area contributed by atoms with Gasteiger partial charge in [0.15, 0.2) is 17.6 Å². The lowest BCUT2D eigenvalue weighted by Gasteiger charge is -2.15. The van der Waals surface area contributed by atoms with Gasteiger partial charge in [-0.25, -0.2) is 9.89 Å². The molecule has 3 rings (SSSR count). The molecule has 1 amide bonds. The van der Waals surface area contributed by atoms with E-state index in [4.69, 9.17) is 9.26 Å². The van der Waals surface area contributed by atoms with Crippen molar-refractivity contribution in [2.45, 2.75) is 26.4 Å². The van der Waals surface area contributed by atoms with Crippen LogP contribution in [0.2, 0.25) is 0 Å². The van der Waals surface area contributed by atoms with Crippen LogP contribution >= 0.6 is 0 Å². The molecule has 0 radical (unpaired) electrons. The molecule has 0 aliphatic carbocycles. The smallest absolute Gasteiger partial charge is 0.360 e. The molecule has 9 heteroatoms. The van der Waals surface area contributed by atoms with Gasteiger partial charge >= 0.3 is 5.97 Å². The fourth-order valence-corrected chi connectivity index (χ4v) is 2.41. The van der Waals surface area contributed by atoms with Crippen LogP contribution in [0.1, 0.15) is 29.6 Å². The summed E-state index contributed by atoms with van der Waals surface area (Å²) in [6, 6.07) is 8.06. The van der Waals surface area contributed by atoms with Crippen LogP contribution in [-0.2, 0) is 9.53 Å². The normalized spacial score (nSPS) is 11.9. The fourth-order valence-electron chi connectivity index (χ4n) is 2.41. The first-order chi connectivity index (χ1) is 12.5. The van der Waals surface area contributed by atoms with Crippen molar-refractivity contribution in [3.8, 4) is 0 Å². The predicted molar refractivity (Wildman–Crippen MR) is 91.7 cm³/mol. The molecule has 134 valence electrons. The number of amides is 1. The average molecular weight is 356 g/mol. The zero-order chi connectivity index (χ0) is 18.7. The summed E-state index contributed by atoms with van der Waals surface area (Å²) in [5.41, 5.74) is -0.480. The summed E-state index contributed by atoms with van der Waals surface area (Å²) >= 11 is 0. The van der Waals surface area contributed by atoms with Crippen LogP contribution < -0.4 is 10.9 Å². The van der Waals surface area contributed by atoms with Crippen molar-refractivity contribution in [1.29, 1.82) is 0 Å². The number of carbonyl (C=O) groups is 2. The molecule has 0 fully saturated rings. The standard InChI is InChI=1S/C17H16N4O5/c1-3-12(16(23)18-13-8-9(2)26-21-13)25-17(24)14-10-6-4-5-7-11(10)15(22)20-19-14/h4-8,12H,3H2,1-2H3,(H,20,22)(H,18,21,23). The highest BCUT2D eigenvalue weighted by molar-refractivity contribution is 6.03. The van der Waals surface area contributed by atoms with E-state index < -0.39 is 23.5 Å². The first kappa shape index (κ1) is 17.3. The Kier molecular flexibility index (Phi) is 4.78. The Labute approximate surface area is 147 Å². The van der Waals surface area contributed by atoms with E-state index in [-0.39, 0.29) is 17.9 Å². The lowest BCUT2D eigenvalue weighted by atomic mass is 10.1. The summed E-state index contributed by atoms with van der Waals surface area (Å²) in [6.45, 7) is 3.39. The number of esters is 1. The van der Waals surface area contributed by atoms with Gasteiger partial charge < -0.3 is 14.6 Å². The molecule has 2 N–H and O–H groups in total. The van der Waals surface area contributed by atoms with E-state index in [1.807, 2.05) is 0 Å². The van der Waals surface area contributed by atoms with E-state index in [9.17, 15) is 14.4 Å². The molecule has 1 aromatic carbocycles. The van der Waals surface area contributed by atoms with Crippen LogP contribution in [0.3, 0.4) is 0 Å². The van der Waals surface area contributed by atoms with Crippen molar-refractivity contribution < 1.29 is 18.8 Å². The van der Waals surface area contributed by atoms with Gasteiger partial charge in [-0.3, -0.25) is 9.59 Å². The third-order valence-corrected chi connectivity index (χ3v) is 3.68. The van der Waals surface area contributed by atoms with Crippen LogP contribution in [0.25, 0.3) is 10.8 Å². The van der Waals surface area contributed by atoms with E-state index >= 15 is 0 Å². The Morgan fingerprint density at radius 1 is 1.31 bits per heavy atom. The number of carbonyl (C=O) groups excluding carboxylic acids is 2. The largest absolute Gasteiger partial charge is 0.447 e. The number of hydrogen-bond acceptors (Lipinski definition) is 7. The lowest BCUT2D eigenvalue weighted by molar-refractivity contribution is -0.124. The maximum Gasteiger partial charge on any atom is 0.360 e. The van der Waals surface area contributed by atoms with Crippen molar-refractivity contribution in [1.82, 2.24) is 15.4 Å². The Morgan fingerprint density at radius 3 is 2.69 bits per heavy atom. The Hall–Kier alpha value is -3.49. The first-order valence-electron chi connectivity index (χ1n) is 7.92. The number of H-pyrrole nitrogens is 1. The molecule has 0 aliphatic heterocycles. The second-order valence-electron chi connectivity index (χ2n) is 5.56. The van der Waals surface area contributed by atoms with Gasteiger partial charge in [-0.15, -0.1) is 0 Å². The minimum absolute atomic E-state index is 0.0660. The molecule has 0 aliphatic rings. The molecule has 0 bridgehead atoms. The molecule has 2 heterocycles. The Balaban J connectivity index is 1.80. The van der Waals surface area contributed by atoms with Crippen LogP contribution in [0.4, 0.5) is 5.82 Å². The predicted octanol–water partition coefficient (Wildman–Crippen LogP) is 1.79. The molecule has 0 saturated carbocycles.